The Morgan fingerprint density at radius 3 is 2.55 bits per heavy atom. The molecular formula is C25H33NO4S. The highest BCUT2D eigenvalue weighted by Crippen LogP contribution is 2.40. The average molecular weight is 444 g/mol. The molecule has 0 saturated carbocycles. The number of methoxy groups -OCH3 is 1. The van der Waals surface area contributed by atoms with Gasteiger partial charge in [0.25, 0.3) is 0 Å². The zero-order valence-corrected chi connectivity index (χ0v) is 20.0. The van der Waals surface area contributed by atoms with Gasteiger partial charge in [-0.3, -0.25) is 4.79 Å². The van der Waals surface area contributed by atoms with Crippen LogP contribution in [-0.2, 0) is 27.8 Å². The number of rotatable bonds is 7. The number of carbonyl (C=O) groups excluding carboxylic acids is 2. The van der Waals surface area contributed by atoms with Gasteiger partial charge in [0.1, 0.15) is 10.8 Å². The Balaban J connectivity index is 1.53. The Morgan fingerprint density at radius 1 is 1.19 bits per heavy atom. The number of esters is 1. The summed E-state index contributed by atoms with van der Waals surface area (Å²) >= 11 is 1.51. The van der Waals surface area contributed by atoms with Crippen molar-refractivity contribution in [2.24, 2.45) is 5.92 Å². The molecule has 2 aromatic rings. The monoisotopic (exact) mass is 443 g/mol. The number of fused-ring (bicyclic) bond motifs is 1. The standard InChI is InChI=1S/C25H33NO4S/c1-16-8-13-19-20(15-16)31-23(22(19)24(28)29-5)26-21(27)7-6-14-30-18-11-9-17(10-12-18)25(2,3)4/h9-12,16H,6-8,13-15H2,1-5H3,(H,26,27)/t16-/m1/s1. The molecule has 6 heteroatoms. The van der Waals surface area contributed by atoms with Gasteiger partial charge in [-0.05, 0) is 60.3 Å². The fourth-order valence-corrected chi connectivity index (χ4v) is 5.23. The minimum absolute atomic E-state index is 0.108. The molecule has 0 bridgehead atoms. The van der Waals surface area contributed by atoms with Crippen molar-refractivity contribution >= 4 is 28.2 Å². The van der Waals surface area contributed by atoms with Crippen molar-refractivity contribution in [2.75, 3.05) is 19.0 Å². The highest BCUT2D eigenvalue weighted by atomic mass is 32.1. The van der Waals surface area contributed by atoms with Crippen LogP contribution in [0.5, 0.6) is 5.75 Å². The minimum atomic E-state index is -0.371. The van der Waals surface area contributed by atoms with E-state index in [2.05, 4.69) is 45.1 Å². The molecule has 0 radical (unpaired) electrons. The summed E-state index contributed by atoms with van der Waals surface area (Å²) < 4.78 is 10.8. The van der Waals surface area contributed by atoms with Gasteiger partial charge < -0.3 is 14.8 Å². The van der Waals surface area contributed by atoms with Gasteiger partial charge in [-0.1, -0.05) is 39.8 Å². The Morgan fingerprint density at radius 2 is 1.90 bits per heavy atom. The maximum atomic E-state index is 12.5. The molecule has 0 unspecified atom stereocenters. The van der Waals surface area contributed by atoms with Crippen molar-refractivity contribution in [1.29, 1.82) is 0 Å². The third-order valence-corrected chi connectivity index (χ3v) is 6.86. The molecule has 1 aliphatic rings. The first-order chi connectivity index (χ1) is 14.7. The second-order valence-corrected chi connectivity index (χ2v) is 10.4. The van der Waals surface area contributed by atoms with Gasteiger partial charge in [-0.2, -0.15) is 0 Å². The molecule has 1 amide bonds. The molecule has 0 saturated heterocycles. The van der Waals surface area contributed by atoms with Crippen LogP contribution in [0.2, 0.25) is 0 Å². The predicted octanol–water partition coefficient (Wildman–Crippen LogP) is 5.75. The van der Waals surface area contributed by atoms with Crippen molar-refractivity contribution < 1.29 is 19.1 Å². The maximum absolute atomic E-state index is 12.5. The molecule has 168 valence electrons. The summed E-state index contributed by atoms with van der Waals surface area (Å²) in [6, 6.07) is 8.10. The quantitative estimate of drug-likeness (QED) is 0.437. The van der Waals surface area contributed by atoms with Crippen molar-refractivity contribution in [3.05, 3.63) is 45.8 Å². The first kappa shape index (κ1) is 23.3. The van der Waals surface area contributed by atoms with Gasteiger partial charge >= 0.3 is 5.97 Å². The van der Waals surface area contributed by atoms with Crippen LogP contribution in [0.4, 0.5) is 5.00 Å². The number of ether oxygens (including phenoxy) is 2. The number of hydrogen-bond acceptors (Lipinski definition) is 5. The fraction of sp³-hybridized carbons (Fsp3) is 0.520. The highest BCUT2D eigenvalue weighted by molar-refractivity contribution is 7.17. The third kappa shape index (κ3) is 5.88. The van der Waals surface area contributed by atoms with Crippen molar-refractivity contribution in [2.45, 2.75) is 65.2 Å². The first-order valence-electron chi connectivity index (χ1n) is 10.9. The molecule has 1 aromatic carbocycles. The van der Waals surface area contributed by atoms with Gasteiger partial charge in [0.05, 0.1) is 19.3 Å². The summed E-state index contributed by atoms with van der Waals surface area (Å²) in [5, 5.41) is 3.56. The maximum Gasteiger partial charge on any atom is 0.341 e. The number of benzene rings is 1. The Hall–Kier alpha value is -2.34. The topological polar surface area (TPSA) is 64.6 Å². The van der Waals surface area contributed by atoms with Gasteiger partial charge in [0, 0.05) is 11.3 Å². The fourth-order valence-electron chi connectivity index (χ4n) is 3.82. The number of nitrogens with one attached hydrogen (secondary N) is 1. The van der Waals surface area contributed by atoms with Crippen molar-refractivity contribution in [3.8, 4) is 5.75 Å². The molecule has 0 fully saturated rings. The average Bonchev–Trinajstić information content (AvgIpc) is 3.07. The molecule has 31 heavy (non-hydrogen) atoms. The summed E-state index contributed by atoms with van der Waals surface area (Å²) in [5.74, 6) is 0.920. The summed E-state index contributed by atoms with van der Waals surface area (Å²) in [7, 11) is 1.38. The van der Waals surface area contributed by atoms with E-state index in [1.165, 1.54) is 28.9 Å². The first-order valence-corrected chi connectivity index (χ1v) is 11.8. The molecule has 1 aliphatic carbocycles. The third-order valence-electron chi connectivity index (χ3n) is 5.69. The predicted molar refractivity (Wildman–Crippen MR) is 125 cm³/mol. The second-order valence-electron chi connectivity index (χ2n) is 9.32. The van der Waals surface area contributed by atoms with E-state index in [0.717, 1.165) is 30.6 Å². The van der Waals surface area contributed by atoms with Gasteiger partial charge in [-0.25, -0.2) is 4.79 Å². The molecule has 1 N–H and O–H groups in total. The van der Waals surface area contributed by atoms with Crippen molar-refractivity contribution in [1.82, 2.24) is 0 Å². The summed E-state index contributed by atoms with van der Waals surface area (Å²) in [6.07, 6.45) is 3.79. The molecule has 3 rings (SSSR count). The van der Waals surface area contributed by atoms with E-state index >= 15 is 0 Å². The van der Waals surface area contributed by atoms with E-state index in [0.29, 0.717) is 35.9 Å². The number of carbonyl (C=O) groups is 2. The van der Waals surface area contributed by atoms with E-state index in [1.54, 1.807) is 0 Å². The van der Waals surface area contributed by atoms with E-state index < -0.39 is 0 Å². The van der Waals surface area contributed by atoms with Crippen LogP contribution >= 0.6 is 11.3 Å². The van der Waals surface area contributed by atoms with Gasteiger partial charge in [0.2, 0.25) is 5.91 Å². The lowest BCUT2D eigenvalue weighted by Crippen LogP contribution is -2.16. The zero-order valence-electron chi connectivity index (χ0n) is 19.2. The van der Waals surface area contributed by atoms with Crippen LogP contribution in [0.25, 0.3) is 0 Å². The van der Waals surface area contributed by atoms with Gasteiger partial charge in [-0.15, -0.1) is 11.3 Å². The normalized spacial score (nSPS) is 15.8. The van der Waals surface area contributed by atoms with Crippen LogP contribution in [-0.4, -0.2) is 25.6 Å². The van der Waals surface area contributed by atoms with Crippen LogP contribution in [0, 0.1) is 5.92 Å². The van der Waals surface area contributed by atoms with Crippen LogP contribution in [0.15, 0.2) is 24.3 Å². The number of thiophene rings is 1. The lowest BCUT2D eigenvalue weighted by molar-refractivity contribution is -0.116. The van der Waals surface area contributed by atoms with Crippen molar-refractivity contribution in [3.63, 3.8) is 0 Å². The van der Waals surface area contributed by atoms with E-state index in [9.17, 15) is 9.59 Å². The smallest absolute Gasteiger partial charge is 0.341 e. The second kappa shape index (κ2) is 9.86. The Kier molecular flexibility index (Phi) is 7.42. The number of anilines is 1. The molecule has 1 atom stereocenters. The molecule has 0 aliphatic heterocycles. The lowest BCUT2D eigenvalue weighted by atomic mass is 9.87. The van der Waals surface area contributed by atoms with Crippen LogP contribution < -0.4 is 10.1 Å². The van der Waals surface area contributed by atoms with Gasteiger partial charge in [0.15, 0.2) is 0 Å². The zero-order chi connectivity index (χ0) is 22.6. The molecule has 0 spiro atoms. The van der Waals surface area contributed by atoms with E-state index in [1.807, 2.05) is 12.1 Å². The Bertz CT molecular complexity index is 924. The largest absolute Gasteiger partial charge is 0.494 e. The number of hydrogen-bond donors (Lipinski definition) is 1. The molecular weight excluding hydrogens is 410 g/mol. The summed E-state index contributed by atoms with van der Waals surface area (Å²) in [5.41, 5.74) is 2.96. The Labute approximate surface area is 189 Å². The van der Waals surface area contributed by atoms with E-state index in [4.69, 9.17) is 9.47 Å². The summed E-state index contributed by atoms with van der Waals surface area (Å²) in [6.45, 7) is 9.22. The number of amides is 1. The SMILES string of the molecule is COC(=O)c1c(NC(=O)CCCOc2ccc(C(C)(C)C)cc2)sc2c1CC[C@@H](C)C2. The van der Waals surface area contributed by atoms with Crippen LogP contribution in [0.1, 0.15) is 73.3 Å². The minimum Gasteiger partial charge on any atom is -0.494 e. The lowest BCUT2D eigenvalue weighted by Gasteiger charge is -2.19. The van der Waals surface area contributed by atoms with Crippen LogP contribution in [0.3, 0.4) is 0 Å². The van der Waals surface area contributed by atoms with E-state index in [-0.39, 0.29) is 17.3 Å². The summed E-state index contributed by atoms with van der Waals surface area (Å²) in [4.78, 5) is 26.0. The molecule has 5 nitrogen and oxygen atoms in total. The molecule has 1 heterocycles. The highest BCUT2D eigenvalue weighted by Gasteiger charge is 2.28. The molecule has 1 aromatic heterocycles.